The molecule has 1 atom stereocenters. The molecule has 1 unspecified atom stereocenters. The Morgan fingerprint density at radius 1 is 1.48 bits per heavy atom. The number of rotatable bonds is 5. The minimum atomic E-state index is -1.12. The van der Waals surface area contributed by atoms with E-state index in [1.165, 1.54) is 11.5 Å². The molecule has 0 saturated heterocycles. The van der Waals surface area contributed by atoms with E-state index >= 15 is 0 Å². The maximum Gasteiger partial charge on any atom is 0.347 e. The van der Waals surface area contributed by atoms with Gasteiger partial charge in [-0.3, -0.25) is 4.57 Å². The van der Waals surface area contributed by atoms with Gasteiger partial charge in [-0.2, -0.15) is 4.68 Å². The first-order valence-corrected chi connectivity index (χ1v) is 6.62. The molecule has 0 fully saturated rings. The van der Waals surface area contributed by atoms with Crippen molar-refractivity contribution < 1.29 is 9.90 Å². The lowest BCUT2D eigenvalue weighted by Crippen LogP contribution is -2.30. The number of halogens is 1. The third-order valence-electron chi connectivity index (χ3n) is 3.02. The summed E-state index contributed by atoms with van der Waals surface area (Å²) < 4.78 is 2.32. The predicted octanol–water partition coefficient (Wildman–Crippen LogP) is 2.20. The van der Waals surface area contributed by atoms with Crippen LogP contribution in [0.2, 0.25) is 5.02 Å². The number of nitrogens with zero attached hydrogens (tertiary/aromatic N) is 3. The van der Waals surface area contributed by atoms with E-state index in [1.54, 1.807) is 30.3 Å². The Bertz CT molecular complexity index is 731. The summed E-state index contributed by atoms with van der Waals surface area (Å²) in [5, 5.41) is 13.8. The number of hydrogen-bond acceptors (Lipinski definition) is 3. The van der Waals surface area contributed by atoms with Crippen LogP contribution in [0.1, 0.15) is 13.0 Å². The molecule has 0 aliphatic rings. The second kappa shape index (κ2) is 5.97. The standard InChI is InChI=1S/C14H14ClN3O3/c1-3-8-17-12(10-4-6-11(15)7-5-10)16-18(14(17)21)9(2)13(19)20/h3-7,9H,1,8H2,2H3,(H,19,20). The second-order valence-electron chi connectivity index (χ2n) is 4.47. The Morgan fingerprint density at radius 3 is 2.62 bits per heavy atom. The van der Waals surface area contributed by atoms with Crippen LogP contribution in [0.25, 0.3) is 11.4 Å². The molecular weight excluding hydrogens is 294 g/mol. The van der Waals surface area contributed by atoms with Crippen LogP contribution in [0.3, 0.4) is 0 Å². The molecule has 0 saturated carbocycles. The van der Waals surface area contributed by atoms with Crippen LogP contribution in [0, 0.1) is 0 Å². The van der Waals surface area contributed by atoms with E-state index in [0.29, 0.717) is 16.4 Å². The van der Waals surface area contributed by atoms with Gasteiger partial charge in [0.1, 0.15) is 0 Å². The Hall–Kier alpha value is -2.34. The SMILES string of the molecule is C=CCn1c(-c2ccc(Cl)cc2)nn(C(C)C(=O)O)c1=O. The first kappa shape index (κ1) is 15.1. The molecule has 6 nitrogen and oxygen atoms in total. The lowest BCUT2D eigenvalue weighted by Gasteiger charge is -2.03. The zero-order valence-corrected chi connectivity index (χ0v) is 12.1. The van der Waals surface area contributed by atoms with E-state index < -0.39 is 17.7 Å². The highest BCUT2D eigenvalue weighted by molar-refractivity contribution is 6.30. The molecule has 0 bridgehead atoms. The number of aliphatic carboxylic acids is 1. The first-order valence-electron chi connectivity index (χ1n) is 6.24. The summed E-state index contributed by atoms with van der Waals surface area (Å²) in [7, 11) is 0. The van der Waals surface area contributed by atoms with Crippen molar-refractivity contribution in [3.05, 3.63) is 52.4 Å². The molecule has 0 aliphatic carbocycles. The summed E-state index contributed by atoms with van der Waals surface area (Å²) in [4.78, 5) is 23.4. The van der Waals surface area contributed by atoms with Crippen LogP contribution < -0.4 is 5.69 Å². The van der Waals surface area contributed by atoms with Crippen LogP contribution >= 0.6 is 11.6 Å². The highest BCUT2D eigenvalue weighted by Gasteiger charge is 2.22. The summed E-state index contributed by atoms with van der Waals surface area (Å²) in [5.74, 6) is -0.743. The van der Waals surface area contributed by atoms with Crippen molar-refractivity contribution >= 4 is 17.6 Å². The summed E-state index contributed by atoms with van der Waals surface area (Å²) in [6, 6.07) is 5.76. The number of carboxylic acids is 1. The maximum absolute atomic E-state index is 12.3. The molecule has 0 aliphatic heterocycles. The highest BCUT2D eigenvalue weighted by atomic mass is 35.5. The van der Waals surface area contributed by atoms with E-state index in [9.17, 15) is 9.59 Å². The molecule has 2 rings (SSSR count). The van der Waals surface area contributed by atoms with Crippen LogP contribution in [0.5, 0.6) is 0 Å². The van der Waals surface area contributed by atoms with Gasteiger partial charge in [0.25, 0.3) is 0 Å². The van der Waals surface area contributed by atoms with Crippen molar-refractivity contribution in [1.82, 2.24) is 14.3 Å². The van der Waals surface area contributed by atoms with Gasteiger partial charge in [0.2, 0.25) is 0 Å². The molecule has 1 aromatic heterocycles. The van der Waals surface area contributed by atoms with Gasteiger partial charge in [-0.1, -0.05) is 17.7 Å². The fraction of sp³-hybridized carbons (Fsp3) is 0.214. The normalized spacial score (nSPS) is 12.1. The van der Waals surface area contributed by atoms with Gasteiger partial charge in [-0.15, -0.1) is 11.7 Å². The van der Waals surface area contributed by atoms with E-state index in [1.807, 2.05) is 0 Å². The molecule has 0 radical (unpaired) electrons. The predicted molar refractivity (Wildman–Crippen MR) is 79.5 cm³/mol. The molecule has 1 heterocycles. The fourth-order valence-corrected chi connectivity index (χ4v) is 2.00. The van der Waals surface area contributed by atoms with Crippen LogP contribution in [0.4, 0.5) is 0 Å². The molecule has 21 heavy (non-hydrogen) atoms. The van der Waals surface area contributed by atoms with Gasteiger partial charge in [0.15, 0.2) is 11.9 Å². The Morgan fingerprint density at radius 2 is 2.10 bits per heavy atom. The van der Waals surface area contributed by atoms with E-state index in [4.69, 9.17) is 16.7 Å². The largest absolute Gasteiger partial charge is 0.480 e. The topological polar surface area (TPSA) is 77.1 Å². The zero-order valence-electron chi connectivity index (χ0n) is 11.4. The summed E-state index contributed by atoms with van der Waals surface area (Å²) in [6.07, 6.45) is 1.55. The number of allylic oxidation sites excluding steroid dienone is 1. The average Bonchev–Trinajstić information content (AvgIpc) is 2.77. The fourth-order valence-electron chi connectivity index (χ4n) is 1.88. The lowest BCUT2D eigenvalue weighted by atomic mass is 10.2. The van der Waals surface area contributed by atoms with Crippen molar-refractivity contribution in [2.75, 3.05) is 0 Å². The number of hydrogen-bond donors (Lipinski definition) is 1. The zero-order chi connectivity index (χ0) is 15.6. The quantitative estimate of drug-likeness (QED) is 0.859. The second-order valence-corrected chi connectivity index (χ2v) is 4.91. The smallest absolute Gasteiger partial charge is 0.347 e. The third-order valence-corrected chi connectivity index (χ3v) is 3.28. The highest BCUT2D eigenvalue weighted by Crippen LogP contribution is 2.19. The van der Waals surface area contributed by atoms with Gasteiger partial charge < -0.3 is 5.11 Å². The molecule has 0 spiro atoms. The average molecular weight is 308 g/mol. The summed E-state index contributed by atoms with van der Waals surface area (Å²) in [6.45, 7) is 5.24. The molecule has 1 aromatic carbocycles. The Labute approximate surface area is 125 Å². The molecule has 110 valence electrons. The van der Waals surface area contributed by atoms with Crippen molar-refractivity contribution in [2.45, 2.75) is 19.5 Å². The van der Waals surface area contributed by atoms with Crippen LogP contribution in [-0.2, 0) is 11.3 Å². The van der Waals surface area contributed by atoms with Gasteiger partial charge in [-0.25, -0.2) is 9.59 Å². The third kappa shape index (κ3) is 2.90. The van der Waals surface area contributed by atoms with Crippen molar-refractivity contribution in [3.63, 3.8) is 0 Å². The minimum Gasteiger partial charge on any atom is -0.480 e. The van der Waals surface area contributed by atoms with Crippen LogP contribution in [-0.4, -0.2) is 25.4 Å². The van der Waals surface area contributed by atoms with Crippen molar-refractivity contribution in [1.29, 1.82) is 0 Å². The first-order chi connectivity index (χ1) is 9.95. The van der Waals surface area contributed by atoms with Crippen molar-refractivity contribution in [3.8, 4) is 11.4 Å². The molecular formula is C14H14ClN3O3. The number of aromatic nitrogens is 3. The monoisotopic (exact) mass is 307 g/mol. The molecule has 2 aromatic rings. The summed E-state index contributed by atoms with van der Waals surface area (Å²) in [5.41, 5.74) is 0.185. The van der Waals surface area contributed by atoms with Crippen molar-refractivity contribution in [2.24, 2.45) is 0 Å². The Kier molecular flexibility index (Phi) is 4.28. The van der Waals surface area contributed by atoms with Crippen LogP contribution in [0.15, 0.2) is 41.7 Å². The minimum absolute atomic E-state index is 0.239. The van der Waals surface area contributed by atoms with Gasteiger partial charge in [0.05, 0.1) is 0 Å². The Balaban J connectivity index is 2.62. The van der Waals surface area contributed by atoms with E-state index in [0.717, 1.165) is 4.68 Å². The molecule has 7 heteroatoms. The number of carbonyl (C=O) groups is 1. The lowest BCUT2D eigenvalue weighted by molar-refractivity contribution is -0.140. The van der Waals surface area contributed by atoms with Gasteiger partial charge in [-0.05, 0) is 31.2 Å². The number of carboxylic acid groups (broad SMARTS) is 1. The van der Waals surface area contributed by atoms with Gasteiger partial charge >= 0.3 is 11.7 Å². The van der Waals surface area contributed by atoms with E-state index in [-0.39, 0.29) is 6.54 Å². The van der Waals surface area contributed by atoms with E-state index in [2.05, 4.69) is 11.7 Å². The molecule has 1 N–H and O–H groups in total. The number of benzene rings is 1. The molecule has 0 amide bonds. The maximum atomic E-state index is 12.3. The summed E-state index contributed by atoms with van der Waals surface area (Å²) >= 11 is 5.84. The van der Waals surface area contributed by atoms with Gasteiger partial charge in [0, 0.05) is 17.1 Å².